The summed E-state index contributed by atoms with van der Waals surface area (Å²) in [4.78, 5) is 22.3. The normalized spacial score (nSPS) is 11.7. The lowest BCUT2D eigenvalue weighted by molar-refractivity contribution is -0.142. The van der Waals surface area contributed by atoms with Gasteiger partial charge in [0.2, 0.25) is 5.91 Å². The monoisotopic (exact) mass is 345 g/mol. The van der Waals surface area contributed by atoms with Crippen LogP contribution in [-0.4, -0.2) is 41.3 Å². The summed E-state index contributed by atoms with van der Waals surface area (Å²) in [5.74, 6) is -0.963. The van der Waals surface area contributed by atoms with Gasteiger partial charge < -0.3 is 20.3 Å². The van der Waals surface area contributed by atoms with Crippen LogP contribution in [0.15, 0.2) is 28.7 Å². The van der Waals surface area contributed by atoms with E-state index in [1.54, 1.807) is 12.1 Å². The van der Waals surface area contributed by atoms with Crippen molar-refractivity contribution in [2.75, 3.05) is 13.2 Å². The van der Waals surface area contributed by atoms with E-state index in [0.717, 1.165) is 4.47 Å². The Hall–Kier alpha value is -1.60. The molecule has 1 rings (SSSR count). The van der Waals surface area contributed by atoms with E-state index in [9.17, 15) is 9.59 Å². The van der Waals surface area contributed by atoms with Gasteiger partial charge in [0.05, 0.1) is 13.0 Å². The Bertz CT molecular complexity index is 449. The predicted molar refractivity (Wildman–Crippen MR) is 75.5 cm³/mol. The van der Waals surface area contributed by atoms with Crippen molar-refractivity contribution in [3.05, 3.63) is 28.7 Å². The quantitative estimate of drug-likeness (QED) is 0.657. The largest absolute Gasteiger partial charge is 0.493 e. The smallest absolute Gasteiger partial charge is 0.326 e. The van der Waals surface area contributed by atoms with Crippen molar-refractivity contribution in [1.29, 1.82) is 0 Å². The summed E-state index contributed by atoms with van der Waals surface area (Å²) in [6, 6.07) is 6.08. The number of halogens is 1. The highest BCUT2D eigenvalue weighted by Gasteiger charge is 2.18. The number of aliphatic carboxylic acids is 1. The first-order valence-electron chi connectivity index (χ1n) is 6.04. The van der Waals surface area contributed by atoms with Gasteiger partial charge in [-0.25, -0.2) is 4.79 Å². The molecule has 0 spiro atoms. The third kappa shape index (κ3) is 6.03. The van der Waals surface area contributed by atoms with Crippen LogP contribution >= 0.6 is 15.9 Å². The fraction of sp³-hybridized carbons (Fsp3) is 0.385. The highest BCUT2D eigenvalue weighted by atomic mass is 79.9. The minimum absolute atomic E-state index is 0.0192. The second-order valence-electron chi connectivity index (χ2n) is 4.02. The molecule has 20 heavy (non-hydrogen) atoms. The molecule has 110 valence electrons. The number of rotatable bonds is 8. The average molecular weight is 346 g/mol. The van der Waals surface area contributed by atoms with Gasteiger partial charge >= 0.3 is 5.97 Å². The molecular formula is C13H16BrNO5. The Morgan fingerprint density at radius 2 is 1.95 bits per heavy atom. The molecule has 0 radical (unpaired) electrons. The molecule has 0 saturated heterocycles. The zero-order valence-corrected chi connectivity index (χ0v) is 12.3. The molecule has 1 atom stereocenters. The molecule has 1 aromatic rings. The fourth-order valence-electron chi connectivity index (χ4n) is 1.45. The van der Waals surface area contributed by atoms with Crippen LogP contribution in [0.25, 0.3) is 0 Å². The maximum Gasteiger partial charge on any atom is 0.326 e. The Kier molecular flexibility index (Phi) is 7.03. The molecule has 0 aliphatic heterocycles. The number of carboxylic acid groups (broad SMARTS) is 1. The molecular weight excluding hydrogens is 330 g/mol. The van der Waals surface area contributed by atoms with Crippen LogP contribution in [-0.2, 0) is 9.59 Å². The lowest BCUT2D eigenvalue weighted by Crippen LogP contribution is -2.41. The van der Waals surface area contributed by atoms with E-state index in [1.165, 1.54) is 0 Å². The minimum Gasteiger partial charge on any atom is -0.493 e. The molecule has 0 bridgehead atoms. The number of aliphatic hydroxyl groups is 1. The Morgan fingerprint density at radius 3 is 2.50 bits per heavy atom. The summed E-state index contributed by atoms with van der Waals surface area (Å²) in [6.45, 7) is -0.147. The van der Waals surface area contributed by atoms with Crippen LogP contribution in [0.4, 0.5) is 0 Å². The summed E-state index contributed by atoms with van der Waals surface area (Å²) < 4.78 is 6.28. The maximum atomic E-state index is 11.5. The number of aliphatic hydroxyl groups excluding tert-OH is 1. The topological polar surface area (TPSA) is 95.9 Å². The third-order valence-electron chi connectivity index (χ3n) is 2.46. The molecule has 3 N–H and O–H groups in total. The molecule has 1 aromatic carbocycles. The molecule has 0 heterocycles. The van der Waals surface area contributed by atoms with Gasteiger partial charge in [-0.1, -0.05) is 15.9 Å². The number of hydrogen-bond donors (Lipinski definition) is 3. The number of ether oxygens (including phenoxy) is 1. The van der Waals surface area contributed by atoms with Gasteiger partial charge in [0.15, 0.2) is 0 Å². The van der Waals surface area contributed by atoms with E-state index in [4.69, 9.17) is 14.9 Å². The van der Waals surface area contributed by atoms with Gasteiger partial charge in [-0.15, -0.1) is 0 Å². The summed E-state index contributed by atoms with van der Waals surface area (Å²) >= 11 is 3.30. The predicted octanol–water partition coefficient (Wildman–Crippen LogP) is 1.17. The van der Waals surface area contributed by atoms with Crippen molar-refractivity contribution in [3.8, 4) is 5.75 Å². The second kappa shape index (κ2) is 8.55. The van der Waals surface area contributed by atoms with Crippen molar-refractivity contribution < 1.29 is 24.5 Å². The number of hydrogen-bond acceptors (Lipinski definition) is 4. The molecule has 0 saturated carbocycles. The minimum atomic E-state index is -1.17. The first kappa shape index (κ1) is 16.5. The molecule has 7 heteroatoms. The molecule has 1 amide bonds. The van der Waals surface area contributed by atoms with Crippen molar-refractivity contribution in [3.63, 3.8) is 0 Å². The van der Waals surface area contributed by atoms with Crippen LogP contribution < -0.4 is 10.1 Å². The standard InChI is InChI=1S/C13H16BrNO5/c14-9-1-3-10(4-2-9)20-8-6-12(17)15-11(5-7-16)13(18)19/h1-4,11,16H,5-8H2,(H,15,17)(H,18,19)/t11-/m1/s1. The molecule has 0 aliphatic rings. The summed E-state index contributed by atoms with van der Waals surface area (Å²) in [6.07, 6.45) is 0.0277. The summed E-state index contributed by atoms with van der Waals surface area (Å²) in [5.41, 5.74) is 0. The zero-order chi connectivity index (χ0) is 15.0. The number of nitrogens with one attached hydrogen (secondary N) is 1. The van der Waals surface area contributed by atoms with Gasteiger partial charge in [-0.05, 0) is 24.3 Å². The molecule has 6 nitrogen and oxygen atoms in total. The Balaban J connectivity index is 2.32. The lowest BCUT2D eigenvalue weighted by atomic mass is 10.2. The SMILES string of the molecule is O=C(CCOc1ccc(Br)cc1)N[C@H](CCO)C(=O)O. The van der Waals surface area contributed by atoms with Crippen LogP contribution in [0.1, 0.15) is 12.8 Å². The van der Waals surface area contributed by atoms with Crippen molar-refractivity contribution >= 4 is 27.8 Å². The van der Waals surface area contributed by atoms with Gasteiger partial charge in [-0.3, -0.25) is 4.79 Å². The first-order valence-corrected chi connectivity index (χ1v) is 6.83. The van der Waals surface area contributed by atoms with Gasteiger partial charge in [0.25, 0.3) is 0 Å². The van der Waals surface area contributed by atoms with Crippen molar-refractivity contribution in [2.45, 2.75) is 18.9 Å². The van der Waals surface area contributed by atoms with Crippen molar-refractivity contribution in [1.82, 2.24) is 5.32 Å². The molecule has 0 unspecified atom stereocenters. The Morgan fingerprint density at radius 1 is 1.30 bits per heavy atom. The number of carbonyl (C=O) groups excluding carboxylic acids is 1. The van der Waals surface area contributed by atoms with Gasteiger partial charge in [0.1, 0.15) is 11.8 Å². The Labute approximate surface area is 124 Å². The highest BCUT2D eigenvalue weighted by Crippen LogP contribution is 2.16. The zero-order valence-electron chi connectivity index (χ0n) is 10.7. The van der Waals surface area contributed by atoms with Crippen LogP contribution in [0.2, 0.25) is 0 Å². The summed E-state index contributed by atoms with van der Waals surface area (Å²) in [5, 5.41) is 19.9. The third-order valence-corrected chi connectivity index (χ3v) is 2.99. The average Bonchev–Trinajstić information content (AvgIpc) is 2.40. The van der Waals surface area contributed by atoms with Crippen molar-refractivity contribution in [2.24, 2.45) is 0 Å². The van der Waals surface area contributed by atoms with Crippen LogP contribution in [0.5, 0.6) is 5.75 Å². The van der Waals surface area contributed by atoms with E-state index in [2.05, 4.69) is 21.2 Å². The second-order valence-corrected chi connectivity index (χ2v) is 4.94. The van der Waals surface area contributed by atoms with E-state index in [-0.39, 0.29) is 26.1 Å². The van der Waals surface area contributed by atoms with E-state index < -0.39 is 17.9 Å². The molecule has 0 fully saturated rings. The molecule has 0 aliphatic carbocycles. The van der Waals surface area contributed by atoms with E-state index >= 15 is 0 Å². The number of carboxylic acids is 1. The van der Waals surface area contributed by atoms with Crippen LogP contribution in [0.3, 0.4) is 0 Å². The van der Waals surface area contributed by atoms with Crippen LogP contribution in [0, 0.1) is 0 Å². The number of carbonyl (C=O) groups is 2. The number of amides is 1. The van der Waals surface area contributed by atoms with E-state index in [0.29, 0.717) is 5.75 Å². The van der Waals surface area contributed by atoms with E-state index in [1.807, 2.05) is 12.1 Å². The lowest BCUT2D eigenvalue weighted by Gasteiger charge is -2.13. The fourth-order valence-corrected chi connectivity index (χ4v) is 1.71. The maximum absolute atomic E-state index is 11.5. The first-order chi connectivity index (χ1) is 9.52. The molecule has 0 aromatic heterocycles. The number of benzene rings is 1. The highest BCUT2D eigenvalue weighted by molar-refractivity contribution is 9.10. The summed E-state index contributed by atoms with van der Waals surface area (Å²) in [7, 11) is 0. The van der Waals surface area contributed by atoms with Gasteiger partial charge in [-0.2, -0.15) is 0 Å². The van der Waals surface area contributed by atoms with Gasteiger partial charge in [0, 0.05) is 17.5 Å².